The summed E-state index contributed by atoms with van der Waals surface area (Å²) in [5, 5.41) is 16.1. The van der Waals surface area contributed by atoms with Crippen LogP contribution in [0.3, 0.4) is 0 Å². The summed E-state index contributed by atoms with van der Waals surface area (Å²) in [5.74, 6) is 0. The zero-order valence-corrected chi connectivity index (χ0v) is 4.36. The van der Waals surface area contributed by atoms with Crippen molar-refractivity contribution in [2.75, 3.05) is 0 Å². The summed E-state index contributed by atoms with van der Waals surface area (Å²) in [6.45, 7) is 0. The quantitative estimate of drug-likeness (QED) is 0.421. The molecule has 8 heavy (non-hydrogen) atoms. The van der Waals surface area contributed by atoms with E-state index in [0.717, 1.165) is 12.5 Å². The monoisotopic (exact) mass is 112 g/mol. The topological polar surface area (TPSA) is 40.5 Å². The van der Waals surface area contributed by atoms with E-state index in [1.54, 1.807) is 12.2 Å². The van der Waals surface area contributed by atoms with Crippen molar-refractivity contribution in [3.63, 3.8) is 0 Å². The molecule has 0 aromatic rings. The van der Waals surface area contributed by atoms with Gasteiger partial charge in [-0.05, 0) is 12.2 Å². The normalized spacial score (nSPS) is 12.5. The lowest BCUT2D eigenvalue weighted by Gasteiger charge is -1.68. The Bertz CT molecular complexity index is 97.7. The van der Waals surface area contributed by atoms with Crippen LogP contribution in [0, 0.1) is 0 Å². The molecule has 0 spiro atoms. The summed E-state index contributed by atoms with van der Waals surface area (Å²) in [5.41, 5.74) is 0. The average molecular weight is 112 g/mol. The molecular weight excluding hydrogens is 104 g/mol. The maximum Gasteiger partial charge on any atom is 0.0791 e. The van der Waals surface area contributed by atoms with Gasteiger partial charge >= 0.3 is 0 Å². The van der Waals surface area contributed by atoms with E-state index in [1.807, 2.05) is 0 Å². The number of hydrogen-bond acceptors (Lipinski definition) is 2. The molecule has 0 fully saturated rings. The van der Waals surface area contributed by atoms with Crippen molar-refractivity contribution < 1.29 is 10.2 Å². The van der Waals surface area contributed by atoms with E-state index in [9.17, 15) is 0 Å². The Morgan fingerprint density at radius 2 is 1.00 bits per heavy atom. The minimum Gasteiger partial charge on any atom is -0.516 e. The largest absolute Gasteiger partial charge is 0.516 e. The fourth-order valence-corrected chi connectivity index (χ4v) is 0.228. The van der Waals surface area contributed by atoms with Gasteiger partial charge in [0.15, 0.2) is 0 Å². The number of allylic oxidation sites excluding steroid dienone is 4. The van der Waals surface area contributed by atoms with Gasteiger partial charge in [-0.3, -0.25) is 0 Å². The van der Waals surface area contributed by atoms with E-state index in [-0.39, 0.29) is 0 Å². The van der Waals surface area contributed by atoms with E-state index >= 15 is 0 Å². The van der Waals surface area contributed by atoms with E-state index in [2.05, 4.69) is 0 Å². The zero-order chi connectivity index (χ0) is 6.24. The first-order chi connectivity index (χ1) is 3.91. The van der Waals surface area contributed by atoms with Crippen LogP contribution in [0.2, 0.25) is 0 Å². The average Bonchev–Trinajstić information content (AvgIpc) is 1.81. The first-order valence-electron chi connectivity index (χ1n) is 2.18. The molecule has 0 amide bonds. The summed E-state index contributed by atoms with van der Waals surface area (Å²) >= 11 is 0. The second-order valence-corrected chi connectivity index (χ2v) is 1.07. The Morgan fingerprint density at radius 3 is 1.25 bits per heavy atom. The van der Waals surface area contributed by atoms with Crippen LogP contribution in [0.15, 0.2) is 36.8 Å². The van der Waals surface area contributed by atoms with Crippen LogP contribution < -0.4 is 0 Å². The molecule has 0 rings (SSSR count). The molecule has 0 radical (unpaired) electrons. The zero-order valence-electron chi connectivity index (χ0n) is 4.36. The molecule has 0 unspecified atom stereocenters. The standard InChI is InChI=1S/C6H8O2/c7-5-3-1-2-4-6-8/h1-8H/b2-1+,5-3+,6-4+. The summed E-state index contributed by atoms with van der Waals surface area (Å²) in [6.07, 6.45) is 7.91. The van der Waals surface area contributed by atoms with Crippen LogP contribution >= 0.6 is 0 Å². The van der Waals surface area contributed by atoms with Crippen LogP contribution in [-0.2, 0) is 0 Å². The van der Waals surface area contributed by atoms with Crippen molar-refractivity contribution in [2.24, 2.45) is 0 Å². The maximum atomic E-state index is 8.05. The first-order valence-corrected chi connectivity index (χ1v) is 2.18. The van der Waals surface area contributed by atoms with Crippen molar-refractivity contribution in [3.05, 3.63) is 36.8 Å². The lowest BCUT2D eigenvalue weighted by Crippen LogP contribution is -1.50. The molecule has 0 aliphatic heterocycles. The van der Waals surface area contributed by atoms with Crippen molar-refractivity contribution in [1.82, 2.24) is 0 Å². The lowest BCUT2D eigenvalue weighted by atomic mass is 10.5. The third-order valence-corrected chi connectivity index (χ3v) is 0.505. The van der Waals surface area contributed by atoms with Gasteiger partial charge in [0, 0.05) is 0 Å². The SMILES string of the molecule is O/C=C/C=C/C=C/O. The minimum atomic E-state index is 0.918. The molecule has 0 saturated heterocycles. The Balaban J connectivity index is 3.35. The second-order valence-electron chi connectivity index (χ2n) is 1.07. The van der Waals surface area contributed by atoms with Crippen molar-refractivity contribution in [1.29, 1.82) is 0 Å². The predicted octanol–water partition coefficient (Wildman–Crippen LogP) is 1.69. The third-order valence-electron chi connectivity index (χ3n) is 0.505. The Morgan fingerprint density at radius 1 is 0.625 bits per heavy atom. The van der Waals surface area contributed by atoms with Gasteiger partial charge in [-0.15, -0.1) is 0 Å². The first kappa shape index (κ1) is 6.82. The van der Waals surface area contributed by atoms with Crippen LogP contribution in [0.4, 0.5) is 0 Å². The number of hydrogen-bond donors (Lipinski definition) is 2. The molecule has 44 valence electrons. The summed E-state index contributed by atoms with van der Waals surface area (Å²) in [4.78, 5) is 0. The third kappa shape index (κ3) is 4.82. The molecule has 2 heteroatoms. The van der Waals surface area contributed by atoms with Crippen LogP contribution in [0.5, 0.6) is 0 Å². The molecule has 0 bridgehead atoms. The molecule has 0 saturated carbocycles. The highest BCUT2D eigenvalue weighted by Gasteiger charge is 1.57. The maximum absolute atomic E-state index is 8.05. The molecule has 0 aliphatic carbocycles. The molecule has 0 aromatic carbocycles. The second kappa shape index (κ2) is 5.82. The van der Waals surface area contributed by atoms with E-state index in [0.29, 0.717) is 0 Å². The van der Waals surface area contributed by atoms with E-state index in [1.165, 1.54) is 12.2 Å². The van der Waals surface area contributed by atoms with Gasteiger partial charge in [-0.1, -0.05) is 12.2 Å². The fraction of sp³-hybridized carbons (Fsp3) is 0. The van der Waals surface area contributed by atoms with Gasteiger partial charge in [-0.25, -0.2) is 0 Å². The Hall–Kier alpha value is -1.18. The lowest BCUT2D eigenvalue weighted by molar-refractivity contribution is 0.472. The molecular formula is C6H8O2. The van der Waals surface area contributed by atoms with Crippen LogP contribution in [-0.4, -0.2) is 10.2 Å². The number of aliphatic hydroxyl groups excluding tert-OH is 2. The van der Waals surface area contributed by atoms with Crippen LogP contribution in [0.25, 0.3) is 0 Å². The summed E-state index contributed by atoms with van der Waals surface area (Å²) in [7, 11) is 0. The summed E-state index contributed by atoms with van der Waals surface area (Å²) < 4.78 is 0. The Labute approximate surface area is 48.1 Å². The predicted molar refractivity (Wildman–Crippen MR) is 32.7 cm³/mol. The van der Waals surface area contributed by atoms with Crippen molar-refractivity contribution in [3.8, 4) is 0 Å². The van der Waals surface area contributed by atoms with Crippen molar-refractivity contribution >= 4 is 0 Å². The Kier molecular flexibility index (Phi) is 4.96. The van der Waals surface area contributed by atoms with E-state index < -0.39 is 0 Å². The molecule has 0 atom stereocenters. The minimum absolute atomic E-state index is 0.918. The van der Waals surface area contributed by atoms with Gasteiger partial charge in [0.2, 0.25) is 0 Å². The highest BCUT2D eigenvalue weighted by atomic mass is 16.2. The molecule has 0 aromatic heterocycles. The molecule has 0 aliphatic rings. The summed E-state index contributed by atoms with van der Waals surface area (Å²) in [6, 6.07) is 0. The number of rotatable bonds is 2. The van der Waals surface area contributed by atoms with Crippen LogP contribution in [0.1, 0.15) is 0 Å². The van der Waals surface area contributed by atoms with Gasteiger partial charge in [0.05, 0.1) is 12.5 Å². The number of aliphatic hydroxyl groups is 2. The molecule has 2 nitrogen and oxygen atoms in total. The molecule has 2 N–H and O–H groups in total. The highest BCUT2D eigenvalue weighted by molar-refractivity contribution is 5.07. The highest BCUT2D eigenvalue weighted by Crippen LogP contribution is 1.75. The fourth-order valence-electron chi connectivity index (χ4n) is 0.228. The molecule has 0 heterocycles. The van der Waals surface area contributed by atoms with Gasteiger partial charge in [0.25, 0.3) is 0 Å². The van der Waals surface area contributed by atoms with E-state index in [4.69, 9.17) is 10.2 Å². The smallest absolute Gasteiger partial charge is 0.0791 e. The van der Waals surface area contributed by atoms with Gasteiger partial charge in [0.1, 0.15) is 0 Å². The van der Waals surface area contributed by atoms with Gasteiger partial charge in [-0.2, -0.15) is 0 Å². The van der Waals surface area contributed by atoms with Crippen molar-refractivity contribution in [2.45, 2.75) is 0 Å². The van der Waals surface area contributed by atoms with Gasteiger partial charge < -0.3 is 10.2 Å².